The van der Waals surface area contributed by atoms with Crippen molar-refractivity contribution in [1.29, 1.82) is 0 Å². The molecule has 1 heterocycles. The molecule has 0 aromatic rings. The largest absolute Gasteiger partial charge is 0.375 e. The van der Waals surface area contributed by atoms with Crippen molar-refractivity contribution in [3.63, 3.8) is 0 Å². The molecule has 2 nitrogen and oxygen atoms in total. The van der Waals surface area contributed by atoms with Crippen LogP contribution >= 0.6 is 0 Å². The molecule has 0 unspecified atom stereocenters. The van der Waals surface area contributed by atoms with Gasteiger partial charge in [-0.15, -0.1) is 0 Å². The fourth-order valence-corrected chi connectivity index (χ4v) is 0.323. The number of nitrogens with one attached hydrogen (secondary N) is 1. The molecule has 0 spiro atoms. The van der Waals surface area contributed by atoms with E-state index < -0.39 is 0 Å². The van der Waals surface area contributed by atoms with Crippen LogP contribution < -0.4 is 5.32 Å². The summed E-state index contributed by atoms with van der Waals surface area (Å²) in [6.45, 7) is 1.99. The van der Waals surface area contributed by atoms with Crippen molar-refractivity contribution in [3.8, 4) is 0 Å². The van der Waals surface area contributed by atoms with Gasteiger partial charge in [-0.05, 0) is 0 Å². The molecule has 6 heavy (non-hydrogen) atoms. The predicted octanol–water partition coefficient (Wildman–Crippen LogP) is -0.385. The van der Waals surface area contributed by atoms with Crippen molar-refractivity contribution in [2.24, 2.45) is 4.99 Å². The van der Waals surface area contributed by atoms with E-state index in [1.54, 1.807) is 6.34 Å². The van der Waals surface area contributed by atoms with Crippen LogP contribution in [0, 0.1) is 0 Å². The van der Waals surface area contributed by atoms with E-state index >= 15 is 0 Å². The van der Waals surface area contributed by atoms with Gasteiger partial charge < -0.3 is 5.32 Å². The molecule has 0 saturated carbocycles. The molecule has 0 bridgehead atoms. The molecule has 1 aliphatic rings. The van der Waals surface area contributed by atoms with Crippen molar-refractivity contribution < 1.29 is 22.4 Å². The van der Waals surface area contributed by atoms with Gasteiger partial charge in [0.25, 0.3) is 0 Å². The third kappa shape index (κ3) is 1.60. The molecule has 1 N–H and O–H groups in total. The van der Waals surface area contributed by atoms with Gasteiger partial charge in [0.15, 0.2) is 0 Å². The monoisotopic (exact) mass is 177 g/mol. The Kier molecular flexibility index (Phi) is 3.52. The zero-order chi connectivity index (χ0) is 3.54. The first-order chi connectivity index (χ1) is 2.50. The van der Waals surface area contributed by atoms with Crippen LogP contribution in [0.5, 0.6) is 0 Å². The van der Waals surface area contributed by atoms with Crippen molar-refractivity contribution >= 4 is 6.34 Å². The second-order valence-electron chi connectivity index (χ2n) is 0.989. The molecule has 3 heteroatoms. The van der Waals surface area contributed by atoms with E-state index in [1.165, 1.54) is 0 Å². The number of rotatable bonds is 0. The molecular formula is C3H6AgN2. The number of nitrogens with zero attached hydrogens (tertiary/aromatic N) is 1. The Hall–Kier alpha value is 0.210. The van der Waals surface area contributed by atoms with E-state index in [0.717, 1.165) is 13.1 Å². The average Bonchev–Trinajstić information content (AvgIpc) is 1.76. The summed E-state index contributed by atoms with van der Waals surface area (Å²) < 4.78 is 0. The first-order valence-corrected chi connectivity index (χ1v) is 1.72. The molecule has 1 rings (SSSR count). The van der Waals surface area contributed by atoms with E-state index in [1.807, 2.05) is 0 Å². The van der Waals surface area contributed by atoms with Gasteiger partial charge in [-0.25, -0.2) is 0 Å². The molecule has 0 aromatic carbocycles. The Labute approximate surface area is 52.5 Å². The molecule has 0 aliphatic carbocycles. The normalized spacial score (nSPS) is 16.0. The van der Waals surface area contributed by atoms with E-state index in [4.69, 9.17) is 0 Å². The van der Waals surface area contributed by atoms with Crippen LogP contribution in [0.3, 0.4) is 0 Å². The van der Waals surface area contributed by atoms with Gasteiger partial charge in [0.05, 0.1) is 12.9 Å². The SMILES string of the molecule is C1=NCCN1.[Ag]. The second kappa shape index (κ2) is 3.40. The van der Waals surface area contributed by atoms with E-state index in [2.05, 4.69) is 10.3 Å². The minimum atomic E-state index is 0. The third-order valence-corrected chi connectivity index (χ3v) is 0.568. The van der Waals surface area contributed by atoms with Gasteiger partial charge in [0.2, 0.25) is 0 Å². The Bertz CT molecular complexity index is 46.8. The first kappa shape index (κ1) is 6.21. The summed E-state index contributed by atoms with van der Waals surface area (Å²) in [5.41, 5.74) is 0. The van der Waals surface area contributed by atoms with Gasteiger partial charge in [-0.1, -0.05) is 0 Å². The molecule has 1 radical (unpaired) electrons. The number of hydrogen-bond acceptors (Lipinski definition) is 2. The molecule has 0 fully saturated rings. The fraction of sp³-hybridized carbons (Fsp3) is 0.667. The molecule has 1 aliphatic heterocycles. The summed E-state index contributed by atoms with van der Waals surface area (Å²) in [6.07, 6.45) is 1.74. The minimum absolute atomic E-state index is 0. The summed E-state index contributed by atoms with van der Waals surface area (Å²) in [5, 5.41) is 2.93. The average molecular weight is 178 g/mol. The van der Waals surface area contributed by atoms with E-state index in [-0.39, 0.29) is 22.4 Å². The van der Waals surface area contributed by atoms with Crippen LogP contribution in [-0.4, -0.2) is 19.4 Å². The maximum absolute atomic E-state index is 3.85. The topological polar surface area (TPSA) is 24.4 Å². The summed E-state index contributed by atoms with van der Waals surface area (Å²) >= 11 is 0. The van der Waals surface area contributed by atoms with Crippen LogP contribution in [0.2, 0.25) is 0 Å². The van der Waals surface area contributed by atoms with Gasteiger partial charge in [0, 0.05) is 28.9 Å². The van der Waals surface area contributed by atoms with Gasteiger partial charge in [-0.3, -0.25) is 4.99 Å². The quantitative estimate of drug-likeness (QED) is 0.502. The smallest absolute Gasteiger partial charge is 0.0825 e. The fourth-order valence-electron chi connectivity index (χ4n) is 0.323. The summed E-state index contributed by atoms with van der Waals surface area (Å²) in [7, 11) is 0. The molecular weight excluding hydrogens is 172 g/mol. The van der Waals surface area contributed by atoms with Gasteiger partial charge in [-0.2, -0.15) is 0 Å². The molecule has 0 saturated heterocycles. The van der Waals surface area contributed by atoms with E-state index in [0.29, 0.717) is 0 Å². The van der Waals surface area contributed by atoms with E-state index in [9.17, 15) is 0 Å². The summed E-state index contributed by atoms with van der Waals surface area (Å²) in [5.74, 6) is 0. The second-order valence-corrected chi connectivity index (χ2v) is 0.989. The molecule has 0 atom stereocenters. The van der Waals surface area contributed by atoms with Crippen molar-refractivity contribution in [2.45, 2.75) is 0 Å². The van der Waals surface area contributed by atoms with Crippen LogP contribution in [0.25, 0.3) is 0 Å². The van der Waals surface area contributed by atoms with Crippen LogP contribution in [0.15, 0.2) is 4.99 Å². The van der Waals surface area contributed by atoms with Gasteiger partial charge in [0.1, 0.15) is 0 Å². The molecule has 0 amide bonds. The Morgan fingerprint density at radius 2 is 2.50 bits per heavy atom. The maximum atomic E-state index is 3.85. The molecule has 39 valence electrons. The molecule has 0 aromatic heterocycles. The van der Waals surface area contributed by atoms with Crippen molar-refractivity contribution in [3.05, 3.63) is 0 Å². The summed E-state index contributed by atoms with van der Waals surface area (Å²) in [6, 6.07) is 0. The standard InChI is InChI=1S/C3H6N2.Ag/c1-2-5-3-4-1;/h3H,1-2H2,(H,4,5);. The summed E-state index contributed by atoms with van der Waals surface area (Å²) in [4.78, 5) is 3.85. The Balaban J connectivity index is 0.000000250. The third-order valence-electron chi connectivity index (χ3n) is 0.568. The maximum Gasteiger partial charge on any atom is 0.0825 e. The van der Waals surface area contributed by atoms with Crippen LogP contribution in [0.4, 0.5) is 0 Å². The zero-order valence-corrected chi connectivity index (χ0v) is 4.72. The van der Waals surface area contributed by atoms with Crippen LogP contribution in [0.1, 0.15) is 0 Å². The van der Waals surface area contributed by atoms with Gasteiger partial charge >= 0.3 is 0 Å². The van der Waals surface area contributed by atoms with Crippen molar-refractivity contribution in [2.75, 3.05) is 13.1 Å². The predicted molar refractivity (Wildman–Crippen MR) is 21.4 cm³/mol. The van der Waals surface area contributed by atoms with Crippen LogP contribution in [-0.2, 0) is 22.4 Å². The first-order valence-electron chi connectivity index (χ1n) is 1.72. The number of hydrogen-bond donors (Lipinski definition) is 1. The Morgan fingerprint density at radius 1 is 1.67 bits per heavy atom. The number of aliphatic imine (C=N–C) groups is 1. The zero-order valence-electron chi connectivity index (χ0n) is 3.24. The van der Waals surface area contributed by atoms with Crippen molar-refractivity contribution in [1.82, 2.24) is 5.32 Å². The minimum Gasteiger partial charge on any atom is -0.375 e. The Morgan fingerprint density at radius 3 is 2.67 bits per heavy atom.